The van der Waals surface area contributed by atoms with Gasteiger partial charge in [0.1, 0.15) is 0 Å². The van der Waals surface area contributed by atoms with E-state index in [0.29, 0.717) is 10.9 Å². The SMILES string of the molecule is NC(=O)NC(=O)CC(=O)Cn1cnc2ccccc2c1=O. The molecule has 8 heteroatoms. The van der Waals surface area contributed by atoms with Crippen molar-refractivity contribution < 1.29 is 14.4 Å². The van der Waals surface area contributed by atoms with Gasteiger partial charge in [0.2, 0.25) is 5.91 Å². The number of benzene rings is 1. The fourth-order valence-electron chi connectivity index (χ4n) is 1.83. The van der Waals surface area contributed by atoms with Crippen molar-refractivity contribution in [1.82, 2.24) is 14.9 Å². The van der Waals surface area contributed by atoms with Gasteiger partial charge in [0.15, 0.2) is 5.78 Å². The fourth-order valence-corrected chi connectivity index (χ4v) is 1.83. The molecule has 3 amide bonds. The van der Waals surface area contributed by atoms with Gasteiger partial charge in [-0.2, -0.15) is 0 Å². The summed E-state index contributed by atoms with van der Waals surface area (Å²) in [5, 5.41) is 2.16. The van der Waals surface area contributed by atoms with Gasteiger partial charge in [0.05, 0.1) is 30.2 Å². The minimum Gasteiger partial charge on any atom is -0.351 e. The average Bonchev–Trinajstić information content (AvgIpc) is 2.41. The van der Waals surface area contributed by atoms with Crippen LogP contribution in [-0.2, 0) is 16.1 Å². The number of para-hydroxylation sites is 1. The number of rotatable bonds is 4. The molecule has 0 atom stereocenters. The number of amides is 3. The van der Waals surface area contributed by atoms with E-state index >= 15 is 0 Å². The van der Waals surface area contributed by atoms with Crippen LogP contribution in [0.25, 0.3) is 10.9 Å². The highest BCUT2D eigenvalue weighted by atomic mass is 16.2. The van der Waals surface area contributed by atoms with Crippen LogP contribution < -0.4 is 16.6 Å². The number of nitrogens with one attached hydrogen (secondary N) is 1. The van der Waals surface area contributed by atoms with Gasteiger partial charge in [0, 0.05) is 0 Å². The van der Waals surface area contributed by atoms with Crippen LogP contribution in [0.5, 0.6) is 0 Å². The summed E-state index contributed by atoms with van der Waals surface area (Å²) in [7, 11) is 0. The molecule has 0 aliphatic carbocycles. The summed E-state index contributed by atoms with van der Waals surface area (Å²) in [4.78, 5) is 49.6. The Hall–Kier alpha value is -3.03. The molecule has 8 nitrogen and oxygen atoms in total. The number of aromatic nitrogens is 2. The number of urea groups is 1. The first-order valence-corrected chi connectivity index (χ1v) is 6.02. The molecule has 1 aromatic carbocycles. The molecule has 0 unspecified atom stereocenters. The Kier molecular flexibility index (Phi) is 4.07. The molecule has 0 aliphatic heterocycles. The normalized spacial score (nSPS) is 10.3. The van der Waals surface area contributed by atoms with Crippen LogP contribution in [0.3, 0.4) is 0 Å². The van der Waals surface area contributed by atoms with E-state index in [1.165, 1.54) is 6.33 Å². The summed E-state index contributed by atoms with van der Waals surface area (Å²) in [5.74, 6) is -1.35. The molecule has 0 saturated heterocycles. The van der Waals surface area contributed by atoms with Crippen LogP contribution >= 0.6 is 0 Å². The molecule has 1 heterocycles. The maximum atomic E-state index is 12.1. The van der Waals surface area contributed by atoms with Gasteiger partial charge >= 0.3 is 6.03 Å². The Morgan fingerprint density at radius 3 is 2.67 bits per heavy atom. The van der Waals surface area contributed by atoms with Crippen molar-refractivity contribution in [2.75, 3.05) is 0 Å². The zero-order valence-corrected chi connectivity index (χ0v) is 10.9. The third-order valence-electron chi connectivity index (χ3n) is 2.70. The predicted octanol–water partition coefficient (Wildman–Crippen LogP) is -0.449. The summed E-state index contributed by atoms with van der Waals surface area (Å²) in [6.45, 7) is -0.303. The number of Topliss-reactive ketones (excluding diaryl/α,β-unsaturated/α-hetero) is 1. The van der Waals surface area contributed by atoms with Crippen LogP contribution in [0.1, 0.15) is 6.42 Å². The fraction of sp³-hybridized carbons (Fsp3) is 0.154. The average molecular weight is 288 g/mol. The minimum atomic E-state index is -1.03. The standard InChI is InChI=1S/C13H12N4O4/c14-13(21)16-11(19)5-8(18)6-17-7-15-10-4-2-1-3-9(10)12(17)20/h1-4,7H,5-6H2,(H3,14,16,19,21). The van der Waals surface area contributed by atoms with Crippen molar-refractivity contribution in [3.05, 3.63) is 40.9 Å². The van der Waals surface area contributed by atoms with E-state index < -0.39 is 24.1 Å². The Morgan fingerprint density at radius 2 is 1.95 bits per heavy atom. The van der Waals surface area contributed by atoms with Crippen molar-refractivity contribution in [3.63, 3.8) is 0 Å². The molecule has 21 heavy (non-hydrogen) atoms. The second-order valence-corrected chi connectivity index (χ2v) is 4.32. The van der Waals surface area contributed by atoms with E-state index in [1.54, 1.807) is 29.6 Å². The molecule has 0 spiro atoms. The van der Waals surface area contributed by atoms with Crippen molar-refractivity contribution >= 4 is 28.6 Å². The van der Waals surface area contributed by atoms with Gasteiger partial charge < -0.3 is 5.73 Å². The van der Waals surface area contributed by atoms with Crippen LogP contribution in [-0.4, -0.2) is 27.3 Å². The Labute approximate surface area is 118 Å². The predicted molar refractivity (Wildman–Crippen MR) is 73.4 cm³/mol. The van der Waals surface area contributed by atoms with E-state index in [0.717, 1.165) is 4.57 Å². The van der Waals surface area contributed by atoms with E-state index in [2.05, 4.69) is 4.98 Å². The van der Waals surface area contributed by atoms with E-state index in [4.69, 9.17) is 5.73 Å². The molecule has 108 valence electrons. The largest absolute Gasteiger partial charge is 0.351 e. The van der Waals surface area contributed by atoms with Gasteiger partial charge in [-0.15, -0.1) is 0 Å². The zero-order chi connectivity index (χ0) is 15.4. The first-order valence-electron chi connectivity index (χ1n) is 6.02. The molecular formula is C13H12N4O4. The van der Waals surface area contributed by atoms with Crippen molar-refractivity contribution in [3.8, 4) is 0 Å². The van der Waals surface area contributed by atoms with Gasteiger partial charge in [-0.3, -0.25) is 24.3 Å². The van der Waals surface area contributed by atoms with E-state index in [1.807, 2.05) is 0 Å². The second kappa shape index (κ2) is 5.95. The highest BCUT2D eigenvalue weighted by Gasteiger charge is 2.13. The smallest absolute Gasteiger partial charge is 0.318 e. The number of fused-ring (bicyclic) bond motifs is 1. The van der Waals surface area contributed by atoms with E-state index in [-0.39, 0.29) is 12.1 Å². The van der Waals surface area contributed by atoms with Crippen LogP contribution in [0.4, 0.5) is 4.79 Å². The maximum Gasteiger partial charge on any atom is 0.318 e. The van der Waals surface area contributed by atoms with Crippen LogP contribution in [0.2, 0.25) is 0 Å². The number of nitrogens with zero attached hydrogens (tertiary/aromatic N) is 2. The lowest BCUT2D eigenvalue weighted by molar-refractivity contribution is -0.127. The molecule has 0 aliphatic rings. The maximum absolute atomic E-state index is 12.1. The first kappa shape index (κ1) is 14.4. The summed E-state index contributed by atoms with van der Waals surface area (Å²) >= 11 is 0. The van der Waals surface area contributed by atoms with Gasteiger partial charge in [0.25, 0.3) is 5.56 Å². The third kappa shape index (κ3) is 3.50. The summed E-state index contributed by atoms with van der Waals surface area (Å²) in [6.07, 6.45) is 0.705. The monoisotopic (exact) mass is 288 g/mol. The molecule has 0 saturated carbocycles. The summed E-state index contributed by atoms with van der Waals surface area (Å²) < 4.78 is 1.11. The van der Waals surface area contributed by atoms with Gasteiger partial charge in [-0.1, -0.05) is 12.1 Å². The van der Waals surface area contributed by atoms with Gasteiger partial charge in [-0.05, 0) is 12.1 Å². The Bertz CT molecular complexity index is 781. The molecule has 2 rings (SSSR count). The van der Waals surface area contributed by atoms with Crippen LogP contribution in [0.15, 0.2) is 35.4 Å². The number of carbonyl (C=O) groups excluding carboxylic acids is 3. The molecular weight excluding hydrogens is 276 g/mol. The van der Waals surface area contributed by atoms with E-state index in [9.17, 15) is 19.2 Å². The molecule has 0 fully saturated rings. The lowest BCUT2D eigenvalue weighted by Gasteiger charge is -2.05. The lowest BCUT2D eigenvalue weighted by Crippen LogP contribution is -2.37. The van der Waals surface area contributed by atoms with Crippen molar-refractivity contribution in [2.45, 2.75) is 13.0 Å². The number of nitrogens with two attached hydrogens (primary N) is 1. The highest BCUT2D eigenvalue weighted by Crippen LogP contribution is 2.04. The van der Waals surface area contributed by atoms with Gasteiger partial charge in [-0.25, -0.2) is 9.78 Å². The first-order chi connectivity index (χ1) is 9.97. The molecule has 0 bridgehead atoms. The number of hydrogen-bond donors (Lipinski definition) is 2. The Balaban J connectivity index is 2.15. The Morgan fingerprint density at radius 1 is 1.24 bits per heavy atom. The van der Waals surface area contributed by atoms with Crippen LogP contribution in [0, 0.1) is 0 Å². The quantitative estimate of drug-likeness (QED) is 0.737. The van der Waals surface area contributed by atoms with Crippen molar-refractivity contribution in [2.24, 2.45) is 5.73 Å². The second-order valence-electron chi connectivity index (χ2n) is 4.32. The number of imide groups is 1. The van der Waals surface area contributed by atoms with Crippen molar-refractivity contribution in [1.29, 1.82) is 0 Å². The topological polar surface area (TPSA) is 124 Å². The highest BCUT2D eigenvalue weighted by molar-refractivity contribution is 6.03. The summed E-state index contributed by atoms with van der Waals surface area (Å²) in [6, 6.07) is 5.70. The number of ketones is 1. The third-order valence-corrected chi connectivity index (χ3v) is 2.70. The lowest BCUT2D eigenvalue weighted by atomic mass is 10.2. The molecule has 0 radical (unpaired) electrons. The number of primary amides is 1. The zero-order valence-electron chi connectivity index (χ0n) is 10.9. The molecule has 1 aromatic heterocycles. The molecule has 2 aromatic rings. The number of carbonyl (C=O) groups is 3. The minimum absolute atomic E-state index is 0.303. The molecule has 3 N–H and O–H groups in total. The summed E-state index contributed by atoms with van der Waals surface area (Å²) in [5.41, 5.74) is 4.92. The number of hydrogen-bond acceptors (Lipinski definition) is 5.